The Morgan fingerprint density at radius 2 is 1.79 bits per heavy atom. The minimum atomic E-state index is -4.35. The van der Waals surface area contributed by atoms with E-state index in [4.69, 9.17) is 0 Å². The maximum Gasteiger partial charge on any atom is 0.424 e. The summed E-state index contributed by atoms with van der Waals surface area (Å²) in [4.78, 5) is 0. The Morgan fingerprint density at radius 3 is 2.21 bits per heavy atom. The zero-order chi connectivity index (χ0) is 10.6. The van der Waals surface area contributed by atoms with E-state index in [1.54, 1.807) is 18.2 Å². The molecule has 0 aliphatic heterocycles. The predicted molar refractivity (Wildman–Crippen MR) is 49.7 cm³/mol. The molecular weight excluding hydrogens is 189 g/mol. The SMILES string of the molecule is CC=C=C(c1ccccc1)C(F)(F)F. The van der Waals surface area contributed by atoms with Crippen molar-refractivity contribution in [2.75, 3.05) is 0 Å². The van der Waals surface area contributed by atoms with Gasteiger partial charge in [0.25, 0.3) is 0 Å². The van der Waals surface area contributed by atoms with E-state index in [0.717, 1.165) is 0 Å². The Hall–Kier alpha value is -1.47. The normalized spacial score (nSPS) is 10.6. The molecule has 74 valence electrons. The summed E-state index contributed by atoms with van der Waals surface area (Å²) in [6.07, 6.45) is -3.09. The Balaban J connectivity index is 3.23. The van der Waals surface area contributed by atoms with Gasteiger partial charge in [0, 0.05) is 0 Å². The first-order valence-corrected chi connectivity index (χ1v) is 4.09. The van der Waals surface area contributed by atoms with E-state index in [0.29, 0.717) is 0 Å². The van der Waals surface area contributed by atoms with Crippen LogP contribution < -0.4 is 0 Å². The van der Waals surface area contributed by atoms with Crippen molar-refractivity contribution < 1.29 is 13.2 Å². The lowest BCUT2D eigenvalue weighted by Crippen LogP contribution is -2.09. The van der Waals surface area contributed by atoms with Crippen LogP contribution in [0.15, 0.2) is 42.1 Å². The van der Waals surface area contributed by atoms with E-state index in [1.807, 2.05) is 0 Å². The molecule has 3 heteroatoms. The fraction of sp³-hybridized carbons (Fsp3) is 0.182. The molecule has 0 heterocycles. The van der Waals surface area contributed by atoms with Crippen LogP contribution in [0.25, 0.3) is 5.57 Å². The molecule has 0 N–H and O–H groups in total. The Kier molecular flexibility index (Phi) is 3.15. The standard InChI is InChI=1S/C11H9F3/c1-2-6-10(11(12,13)14)9-7-4-3-5-8-9/h2-5,7-8H,1H3. The highest BCUT2D eigenvalue weighted by molar-refractivity contribution is 5.68. The zero-order valence-corrected chi connectivity index (χ0v) is 7.60. The summed E-state index contributed by atoms with van der Waals surface area (Å²) in [6, 6.07) is 7.64. The van der Waals surface area contributed by atoms with E-state index >= 15 is 0 Å². The number of hydrogen-bond acceptors (Lipinski definition) is 0. The van der Waals surface area contributed by atoms with Crippen molar-refractivity contribution in [1.82, 2.24) is 0 Å². The average molecular weight is 198 g/mol. The maximum atomic E-state index is 12.5. The molecule has 0 saturated carbocycles. The zero-order valence-electron chi connectivity index (χ0n) is 7.60. The monoisotopic (exact) mass is 198 g/mol. The molecule has 0 aliphatic rings. The first kappa shape index (κ1) is 10.6. The molecule has 0 aliphatic carbocycles. The van der Waals surface area contributed by atoms with Crippen LogP contribution in [0.3, 0.4) is 0 Å². The highest BCUT2D eigenvalue weighted by Crippen LogP contribution is 2.32. The van der Waals surface area contributed by atoms with Crippen LogP contribution in [0.4, 0.5) is 13.2 Å². The van der Waals surface area contributed by atoms with Crippen molar-refractivity contribution in [3.05, 3.63) is 47.7 Å². The van der Waals surface area contributed by atoms with Gasteiger partial charge in [-0.15, -0.1) is 5.73 Å². The van der Waals surface area contributed by atoms with Crippen LogP contribution in [0.1, 0.15) is 12.5 Å². The maximum absolute atomic E-state index is 12.5. The average Bonchev–Trinajstić information content (AvgIpc) is 2.14. The lowest BCUT2D eigenvalue weighted by Gasteiger charge is -2.08. The van der Waals surface area contributed by atoms with E-state index in [1.165, 1.54) is 25.1 Å². The van der Waals surface area contributed by atoms with Crippen molar-refractivity contribution in [2.24, 2.45) is 0 Å². The van der Waals surface area contributed by atoms with Gasteiger partial charge < -0.3 is 0 Å². The molecule has 0 saturated heterocycles. The molecule has 0 atom stereocenters. The summed E-state index contributed by atoms with van der Waals surface area (Å²) >= 11 is 0. The molecule has 0 bridgehead atoms. The fourth-order valence-electron chi connectivity index (χ4n) is 1.08. The number of rotatable bonds is 1. The number of halogens is 3. The molecule has 0 spiro atoms. The lowest BCUT2D eigenvalue weighted by atomic mass is 10.1. The molecule has 0 nitrogen and oxygen atoms in total. The van der Waals surface area contributed by atoms with Crippen LogP contribution in [0.2, 0.25) is 0 Å². The van der Waals surface area contributed by atoms with E-state index in [-0.39, 0.29) is 5.56 Å². The first-order valence-electron chi connectivity index (χ1n) is 4.09. The summed E-state index contributed by atoms with van der Waals surface area (Å²) in [7, 11) is 0. The van der Waals surface area contributed by atoms with Gasteiger partial charge in [0.2, 0.25) is 0 Å². The van der Waals surface area contributed by atoms with Gasteiger partial charge >= 0.3 is 6.18 Å². The summed E-state index contributed by atoms with van der Waals surface area (Å²) in [5.41, 5.74) is 1.61. The molecule has 0 aromatic heterocycles. The topological polar surface area (TPSA) is 0 Å². The van der Waals surface area contributed by atoms with E-state index in [9.17, 15) is 13.2 Å². The van der Waals surface area contributed by atoms with Gasteiger partial charge in [-0.3, -0.25) is 0 Å². The summed E-state index contributed by atoms with van der Waals surface area (Å²) in [5.74, 6) is 0. The van der Waals surface area contributed by atoms with Crippen LogP contribution >= 0.6 is 0 Å². The first-order chi connectivity index (χ1) is 6.55. The Morgan fingerprint density at radius 1 is 1.21 bits per heavy atom. The smallest absolute Gasteiger partial charge is 0.165 e. The lowest BCUT2D eigenvalue weighted by molar-refractivity contribution is -0.0687. The molecule has 14 heavy (non-hydrogen) atoms. The largest absolute Gasteiger partial charge is 0.424 e. The second-order valence-corrected chi connectivity index (χ2v) is 2.67. The number of allylic oxidation sites excluding steroid dienone is 1. The molecular formula is C11H9F3. The van der Waals surface area contributed by atoms with Crippen LogP contribution in [-0.2, 0) is 0 Å². The van der Waals surface area contributed by atoms with Crippen molar-refractivity contribution in [3.8, 4) is 0 Å². The summed E-state index contributed by atoms with van der Waals surface area (Å²) in [6.45, 7) is 1.51. The molecule has 0 fully saturated rings. The van der Waals surface area contributed by atoms with Crippen LogP contribution in [0.5, 0.6) is 0 Å². The number of alkyl halides is 3. The van der Waals surface area contributed by atoms with Crippen molar-refractivity contribution >= 4 is 5.57 Å². The quantitative estimate of drug-likeness (QED) is 0.602. The highest BCUT2D eigenvalue weighted by Gasteiger charge is 2.34. The molecule has 0 unspecified atom stereocenters. The van der Waals surface area contributed by atoms with E-state index in [2.05, 4.69) is 5.73 Å². The van der Waals surface area contributed by atoms with Crippen molar-refractivity contribution in [1.29, 1.82) is 0 Å². The summed E-state index contributed by atoms with van der Waals surface area (Å²) in [5, 5.41) is 0. The second kappa shape index (κ2) is 4.16. The van der Waals surface area contributed by atoms with Crippen LogP contribution in [-0.4, -0.2) is 6.18 Å². The summed E-state index contributed by atoms with van der Waals surface area (Å²) < 4.78 is 37.4. The molecule has 1 rings (SSSR count). The molecule has 1 aromatic rings. The van der Waals surface area contributed by atoms with Crippen molar-refractivity contribution in [3.63, 3.8) is 0 Å². The molecule has 0 amide bonds. The van der Waals surface area contributed by atoms with Gasteiger partial charge in [0.1, 0.15) is 5.57 Å². The third-order valence-electron chi connectivity index (χ3n) is 1.63. The van der Waals surface area contributed by atoms with Gasteiger partial charge in [-0.25, -0.2) is 0 Å². The van der Waals surface area contributed by atoms with Gasteiger partial charge in [0.15, 0.2) is 0 Å². The van der Waals surface area contributed by atoms with Gasteiger partial charge in [-0.1, -0.05) is 30.3 Å². The second-order valence-electron chi connectivity index (χ2n) is 2.67. The third-order valence-corrected chi connectivity index (χ3v) is 1.63. The third kappa shape index (κ3) is 2.51. The highest BCUT2D eigenvalue weighted by atomic mass is 19.4. The number of benzene rings is 1. The molecule has 1 aromatic carbocycles. The van der Waals surface area contributed by atoms with Gasteiger partial charge in [-0.2, -0.15) is 13.2 Å². The van der Waals surface area contributed by atoms with Gasteiger partial charge in [-0.05, 0) is 18.6 Å². The minimum absolute atomic E-state index is 0.137. The molecule has 0 radical (unpaired) electrons. The van der Waals surface area contributed by atoms with E-state index < -0.39 is 11.7 Å². The van der Waals surface area contributed by atoms with Gasteiger partial charge in [0.05, 0.1) is 0 Å². The van der Waals surface area contributed by atoms with Crippen molar-refractivity contribution in [2.45, 2.75) is 13.1 Å². The van der Waals surface area contributed by atoms with Crippen LogP contribution in [0, 0.1) is 0 Å². The Labute approximate surface area is 80.4 Å². The Bertz CT molecular complexity index is 354. The predicted octanol–water partition coefficient (Wildman–Crippen LogP) is 3.81. The fourth-order valence-corrected chi connectivity index (χ4v) is 1.08. The number of hydrogen-bond donors (Lipinski definition) is 0. The minimum Gasteiger partial charge on any atom is -0.165 e.